The van der Waals surface area contributed by atoms with E-state index < -0.39 is 10.0 Å². The number of methoxy groups -OCH3 is 1. The first kappa shape index (κ1) is 14.6. The largest absolute Gasteiger partial charge is 0.495 e. The third kappa shape index (κ3) is 3.18. The fraction of sp³-hybridized carbons (Fsp3) is 0.182. The highest BCUT2D eigenvalue weighted by Gasteiger charge is 2.19. The molecular formula is C11H13N3O4S2. The second kappa shape index (κ2) is 5.65. The van der Waals surface area contributed by atoms with Crippen LogP contribution in [0.1, 0.15) is 5.69 Å². The van der Waals surface area contributed by atoms with E-state index in [1.165, 1.54) is 19.2 Å². The lowest BCUT2D eigenvalue weighted by Crippen LogP contribution is -2.24. The molecule has 0 amide bonds. The fourth-order valence-corrected chi connectivity index (χ4v) is 3.34. The molecule has 0 saturated heterocycles. The third-order valence-corrected chi connectivity index (χ3v) is 4.64. The molecule has 7 nitrogen and oxygen atoms in total. The maximum absolute atomic E-state index is 12.2. The second-order valence-electron chi connectivity index (χ2n) is 3.91. The summed E-state index contributed by atoms with van der Waals surface area (Å²) in [5.41, 5.74) is 6.40. The van der Waals surface area contributed by atoms with Gasteiger partial charge in [-0.15, -0.1) is 0 Å². The van der Waals surface area contributed by atoms with Crippen molar-refractivity contribution in [1.82, 2.24) is 9.71 Å². The van der Waals surface area contributed by atoms with Gasteiger partial charge in [0, 0.05) is 16.8 Å². The van der Waals surface area contributed by atoms with Crippen molar-refractivity contribution in [2.24, 2.45) is 0 Å². The van der Waals surface area contributed by atoms with Crippen molar-refractivity contribution in [2.45, 2.75) is 11.4 Å². The Labute approximate surface area is 119 Å². The van der Waals surface area contributed by atoms with E-state index in [0.29, 0.717) is 11.4 Å². The number of hydrogen-bond donors (Lipinski definition) is 3. The lowest BCUT2D eigenvalue weighted by Gasteiger charge is -2.10. The molecule has 1 aromatic carbocycles. The summed E-state index contributed by atoms with van der Waals surface area (Å²) >= 11 is 0.970. The average molecular weight is 315 g/mol. The predicted molar refractivity (Wildman–Crippen MR) is 76.4 cm³/mol. The number of aromatic amines is 1. The van der Waals surface area contributed by atoms with Gasteiger partial charge in [0.05, 0.1) is 13.7 Å². The lowest BCUT2D eigenvalue weighted by atomic mass is 10.3. The van der Waals surface area contributed by atoms with Crippen LogP contribution in [-0.2, 0) is 16.6 Å². The monoisotopic (exact) mass is 315 g/mol. The average Bonchev–Trinajstić information content (AvgIpc) is 2.82. The minimum absolute atomic E-state index is 0.0149. The Morgan fingerprint density at radius 2 is 2.20 bits per heavy atom. The lowest BCUT2D eigenvalue weighted by molar-refractivity contribution is 0.402. The number of benzene rings is 1. The fourth-order valence-electron chi connectivity index (χ4n) is 1.55. The Kier molecular flexibility index (Phi) is 4.12. The van der Waals surface area contributed by atoms with Crippen LogP contribution in [0.15, 0.2) is 33.3 Å². The Morgan fingerprint density at radius 3 is 2.80 bits per heavy atom. The summed E-state index contributed by atoms with van der Waals surface area (Å²) in [7, 11) is -2.41. The Bertz CT molecular complexity index is 764. The Balaban J connectivity index is 2.26. The van der Waals surface area contributed by atoms with Gasteiger partial charge in [-0.05, 0) is 18.2 Å². The van der Waals surface area contributed by atoms with Gasteiger partial charge in [0.25, 0.3) is 0 Å². The molecule has 20 heavy (non-hydrogen) atoms. The molecule has 9 heteroatoms. The molecule has 108 valence electrons. The molecule has 0 radical (unpaired) electrons. The molecule has 1 heterocycles. The van der Waals surface area contributed by atoms with E-state index in [-0.39, 0.29) is 22.1 Å². The van der Waals surface area contributed by atoms with Gasteiger partial charge in [-0.1, -0.05) is 11.3 Å². The van der Waals surface area contributed by atoms with Crippen molar-refractivity contribution in [3.8, 4) is 5.75 Å². The van der Waals surface area contributed by atoms with Crippen molar-refractivity contribution in [3.63, 3.8) is 0 Å². The smallest absolute Gasteiger partial charge is 0.304 e. The third-order valence-electron chi connectivity index (χ3n) is 2.50. The van der Waals surface area contributed by atoms with Gasteiger partial charge in [-0.2, -0.15) is 0 Å². The van der Waals surface area contributed by atoms with Crippen molar-refractivity contribution in [1.29, 1.82) is 0 Å². The standard InChI is InChI=1S/C11H13N3O4S2/c1-18-9-3-2-7(12)4-10(9)20(16,17)13-5-8-6-19-11(15)14-8/h2-4,6,13H,5,12H2,1H3,(H,14,15). The van der Waals surface area contributed by atoms with Crippen LogP contribution in [0.25, 0.3) is 0 Å². The van der Waals surface area contributed by atoms with E-state index in [4.69, 9.17) is 10.5 Å². The maximum Gasteiger partial charge on any atom is 0.304 e. The Morgan fingerprint density at radius 1 is 1.45 bits per heavy atom. The molecule has 1 aromatic heterocycles. The summed E-state index contributed by atoms with van der Waals surface area (Å²) < 4.78 is 31.8. The van der Waals surface area contributed by atoms with Crippen LogP contribution in [0.5, 0.6) is 5.75 Å². The van der Waals surface area contributed by atoms with E-state index in [0.717, 1.165) is 11.3 Å². The van der Waals surface area contributed by atoms with Crippen molar-refractivity contribution >= 4 is 27.0 Å². The van der Waals surface area contributed by atoms with Gasteiger partial charge in [0.2, 0.25) is 10.0 Å². The first-order valence-corrected chi connectivity index (χ1v) is 7.88. The molecule has 0 atom stereocenters. The molecule has 0 aliphatic carbocycles. The first-order valence-electron chi connectivity index (χ1n) is 5.52. The normalized spacial score (nSPS) is 11.4. The quantitative estimate of drug-likeness (QED) is 0.695. The topological polar surface area (TPSA) is 114 Å². The summed E-state index contributed by atoms with van der Waals surface area (Å²) in [5.74, 6) is 0.200. The van der Waals surface area contributed by atoms with E-state index in [2.05, 4.69) is 9.71 Å². The molecule has 4 N–H and O–H groups in total. The molecular weight excluding hydrogens is 302 g/mol. The highest BCUT2D eigenvalue weighted by Crippen LogP contribution is 2.25. The molecule has 2 rings (SSSR count). The molecule has 0 unspecified atom stereocenters. The highest BCUT2D eigenvalue weighted by molar-refractivity contribution is 7.89. The molecule has 0 bridgehead atoms. The molecule has 0 aliphatic rings. The summed E-state index contributed by atoms with van der Waals surface area (Å²) in [6.07, 6.45) is 0. The van der Waals surface area contributed by atoms with Gasteiger partial charge < -0.3 is 15.5 Å². The number of nitrogens with one attached hydrogen (secondary N) is 2. The number of ether oxygens (including phenoxy) is 1. The van der Waals surface area contributed by atoms with Gasteiger partial charge in [-0.25, -0.2) is 13.1 Å². The van der Waals surface area contributed by atoms with Crippen LogP contribution in [0.4, 0.5) is 5.69 Å². The van der Waals surface area contributed by atoms with Crippen LogP contribution < -0.4 is 20.1 Å². The van der Waals surface area contributed by atoms with Gasteiger partial charge in [0.15, 0.2) is 0 Å². The van der Waals surface area contributed by atoms with E-state index in [1.807, 2.05) is 0 Å². The number of nitrogen functional groups attached to an aromatic ring is 1. The number of H-pyrrole nitrogens is 1. The molecule has 0 fully saturated rings. The number of rotatable bonds is 5. The summed E-state index contributed by atoms with van der Waals surface area (Å²) in [6, 6.07) is 4.35. The zero-order valence-corrected chi connectivity index (χ0v) is 12.2. The number of anilines is 1. The molecule has 0 saturated carbocycles. The van der Waals surface area contributed by atoms with Gasteiger partial charge >= 0.3 is 4.87 Å². The number of hydrogen-bond acceptors (Lipinski definition) is 6. The molecule has 0 aliphatic heterocycles. The number of nitrogens with two attached hydrogens (primary N) is 1. The highest BCUT2D eigenvalue weighted by atomic mass is 32.2. The van der Waals surface area contributed by atoms with Crippen LogP contribution in [-0.4, -0.2) is 20.5 Å². The van der Waals surface area contributed by atoms with Crippen LogP contribution in [0.3, 0.4) is 0 Å². The maximum atomic E-state index is 12.2. The van der Waals surface area contributed by atoms with E-state index in [1.54, 1.807) is 11.4 Å². The van der Waals surface area contributed by atoms with Crippen molar-refractivity contribution in [2.75, 3.05) is 12.8 Å². The molecule has 2 aromatic rings. The number of thiazole rings is 1. The van der Waals surface area contributed by atoms with Crippen molar-refractivity contribution < 1.29 is 13.2 Å². The summed E-state index contributed by atoms with van der Waals surface area (Å²) in [5, 5.41) is 1.56. The number of sulfonamides is 1. The summed E-state index contributed by atoms with van der Waals surface area (Å²) in [4.78, 5) is 13.2. The predicted octanol–water partition coefficient (Wildman–Crippen LogP) is 0.506. The van der Waals surface area contributed by atoms with Crippen molar-refractivity contribution in [3.05, 3.63) is 38.9 Å². The SMILES string of the molecule is COc1ccc(N)cc1S(=O)(=O)NCc1csc(=O)[nH]1. The Hall–Kier alpha value is -1.84. The van der Waals surface area contributed by atoms with Gasteiger partial charge in [0.1, 0.15) is 10.6 Å². The molecule has 0 spiro atoms. The van der Waals surface area contributed by atoms with Crippen LogP contribution in [0, 0.1) is 0 Å². The zero-order chi connectivity index (χ0) is 14.8. The second-order valence-corrected chi connectivity index (χ2v) is 6.49. The first-order chi connectivity index (χ1) is 9.42. The van der Waals surface area contributed by atoms with E-state index in [9.17, 15) is 13.2 Å². The minimum Gasteiger partial charge on any atom is -0.495 e. The van der Waals surface area contributed by atoms with E-state index >= 15 is 0 Å². The zero-order valence-electron chi connectivity index (χ0n) is 10.5. The van der Waals surface area contributed by atoms with Crippen LogP contribution >= 0.6 is 11.3 Å². The van der Waals surface area contributed by atoms with Crippen LogP contribution in [0.2, 0.25) is 0 Å². The van der Waals surface area contributed by atoms with Gasteiger partial charge in [-0.3, -0.25) is 4.79 Å². The number of aromatic nitrogens is 1. The summed E-state index contributed by atoms with van der Waals surface area (Å²) in [6.45, 7) is -0.0149. The minimum atomic E-state index is -3.79.